The number of carbonyl (C=O) groups excluding carboxylic acids is 1. The van der Waals surface area contributed by atoms with E-state index >= 15 is 0 Å². The summed E-state index contributed by atoms with van der Waals surface area (Å²) >= 11 is 0. The quantitative estimate of drug-likeness (QED) is 0.687. The molecule has 0 radical (unpaired) electrons. The molecule has 120 valence electrons. The topological polar surface area (TPSA) is 26.3 Å². The fourth-order valence-corrected chi connectivity index (χ4v) is 2.06. The lowest BCUT2D eigenvalue weighted by atomic mass is 9.61. The van der Waals surface area contributed by atoms with Crippen LogP contribution in [0.2, 0.25) is 0 Å². The lowest BCUT2D eigenvalue weighted by Crippen LogP contribution is -2.46. The van der Waals surface area contributed by atoms with Crippen LogP contribution in [0.3, 0.4) is 0 Å². The van der Waals surface area contributed by atoms with Gasteiger partial charge in [0.25, 0.3) is 0 Å². The molecule has 0 amide bonds. The van der Waals surface area contributed by atoms with Crippen molar-refractivity contribution in [2.75, 3.05) is 0 Å². The van der Waals surface area contributed by atoms with Crippen molar-refractivity contribution < 1.29 is 22.7 Å². The molecule has 2 unspecified atom stereocenters. The molecule has 5 heteroatoms. The summed E-state index contributed by atoms with van der Waals surface area (Å²) < 4.78 is 42.4. The molecule has 0 saturated carbocycles. The van der Waals surface area contributed by atoms with Crippen molar-refractivity contribution in [1.29, 1.82) is 0 Å². The highest BCUT2D eigenvalue weighted by Gasteiger charge is 2.50. The van der Waals surface area contributed by atoms with E-state index < -0.39 is 29.1 Å². The summed E-state index contributed by atoms with van der Waals surface area (Å²) in [6.45, 7) is 13.9. The van der Waals surface area contributed by atoms with Gasteiger partial charge in [0.15, 0.2) is 6.10 Å². The number of rotatable bonds is 3. The average molecular weight is 296 g/mol. The summed E-state index contributed by atoms with van der Waals surface area (Å²) in [6.07, 6.45) is -6.17. The molecule has 2 atom stereocenters. The Kier molecular flexibility index (Phi) is 5.36. The third-order valence-electron chi connectivity index (χ3n) is 3.73. The summed E-state index contributed by atoms with van der Waals surface area (Å²) in [6, 6.07) is 0. The molecule has 0 aromatic rings. The van der Waals surface area contributed by atoms with Crippen LogP contribution in [0.25, 0.3) is 0 Å². The number of hydrogen-bond donors (Lipinski definition) is 0. The van der Waals surface area contributed by atoms with E-state index in [-0.39, 0.29) is 5.41 Å². The number of halogens is 3. The second-order valence-electron chi connectivity index (χ2n) is 7.91. The molecular formula is C15H27F3O2. The van der Waals surface area contributed by atoms with Gasteiger partial charge in [0.05, 0.1) is 5.41 Å². The first-order valence-corrected chi connectivity index (χ1v) is 6.78. The van der Waals surface area contributed by atoms with Gasteiger partial charge in [0.2, 0.25) is 0 Å². The smallest absolute Gasteiger partial charge is 0.425 e. The van der Waals surface area contributed by atoms with Crippen molar-refractivity contribution in [2.24, 2.45) is 16.2 Å². The summed E-state index contributed by atoms with van der Waals surface area (Å²) in [5, 5.41) is 0. The molecule has 0 rings (SSSR count). The Morgan fingerprint density at radius 2 is 1.40 bits per heavy atom. The largest absolute Gasteiger partial charge is 0.453 e. The normalized spacial score (nSPS) is 18.4. The number of hydrogen-bond acceptors (Lipinski definition) is 2. The van der Waals surface area contributed by atoms with Gasteiger partial charge in [-0.1, -0.05) is 41.5 Å². The van der Waals surface area contributed by atoms with Gasteiger partial charge in [-0.25, -0.2) is 0 Å². The van der Waals surface area contributed by atoms with Crippen molar-refractivity contribution in [3.05, 3.63) is 0 Å². The summed E-state index contributed by atoms with van der Waals surface area (Å²) in [7, 11) is 0. The molecule has 0 aromatic heterocycles. The van der Waals surface area contributed by atoms with E-state index in [1.807, 2.05) is 41.5 Å². The number of carbonyl (C=O) groups is 1. The molecule has 0 N–H and O–H groups in total. The highest BCUT2D eigenvalue weighted by molar-refractivity contribution is 5.77. The van der Waals surface area contributed by atoms with Gasteiger partial charge in [-0.2, -0.15) is 13.2 Å². The monoisotopic (exact) mass is 296 g/mol. The van der Waals surface area contributed by atoms with E-state index in [4.69, 9.17) is 0 Å². The Hall–Kier alpha value is -0.740. The van der Waals surface area contributed by atoms with Crippen LogP contribution in [0.4, 0.5) is 13.2 Å². The minimum Gasteiger partial charge on any atom is -0.453 e. The lowest BCUT2D eigenvalue weighted by molar-refractivity contribution is -0.225. The van der Waals surface area contributed by atoms with Crippen LogP contribution in [0.15, 0.2) is 0 Å². The van der Waals surface area contributed by atoms with Crippen LogP contribution in [0.1, 0.15) is 61.8 Å². The minimum absolute atomic E-state index is 0.192. The van der Waals surface area contributed by atoms with Gasteiger partial charge >= 0.3 is 12.1 Å². The van der Waals surface area contributed by atoms with Crippen LogP contribution >= 0.6 is 0 Å². The van der Waals surface area contributed by atoms with Crippen molar-refractivity contribution in [1.82, 2.24) is 0 Å². The number of esters is 1. The lowest BCUT2D eigenvalue weighted by Gasteiger charge is -2.43. The average Bonchev–Trinajstić information content (AvgIpc) is 2.10. The van der Waals surface area contributed by atoms with Crippen molar-refractivity contribution >= 4 is 5.97 Å². The van der Waals surface area contributed by atoms with Crippen LogP contribution in [-0.4, -0.2) is 18.2 Å². The zero-order valence-corrected chi connectivity index (χ0v) is 13.7. The van der Waals surface area contributed by atoms with Gasteiger partial charge in [0, 0.05) is 0 Å². The van der Waals surface area contributed by atoms with E-state index in [1.165, 1.54) is 0 Å². The second-order valence-corrected chi connectivity index (χ2v) is 7.91. The molecule has 0 heterocycles. The zero-order chi connectivity index (χ0) is 16.6. The molecule has 0 aliphatic rings. The van der Waals surface area contributed by atoms with Crippen LogP contribution in [-0.2, 0) is 9.53 Å². The molecule has 0 aromatic carbocycles. The Morgan fingerprint density at radius 1 is 1.00 bits per heavy atom. The van der Waals surface area contributed by atoms with Gasteiger partial charge in [-0.3, -0.25) is 4.79 Å². The van der Waals surface area contributed by atoms with Gasteiger partial charge < -0.3 is 4.74 Å². The number of alkyl halides is 3. The van der Waals surface area contributed by atoms with E-state index in [1.54, 1.807) is 6.92 Å². The van der Waals surface area contributed by atoms with E-state index in [2.05, 4.69) is 4.74 Å². The Labute approximate surface area is 120 Å². The van der Waals surface area contributed by atoms with Crippen LogP contribution < -0.4 is 0 Å². The maximum absolute atomic E-state index is 12.6. The molecule has 0 spiro atoms. The molecule has 0 saturated heterocycles. The molecule has 2 nitrogen and oxygen atoms in total. The highest BCUT2D eigenvalue weighted by atomic mass is 19.4. The van der Waals surface area contributed by atoms with Crippen molar-refractivity contribution in [3.8, 4) is 0 Å². The van der Waals surface area contributed by atoms with Gasteiger partial charge in [-0.15, -0.1) is 0 Å². The molecule has 0 bridgehead atoms. The Balaban J connectivity index is 5.32. The Morgan fingerprint density at radius 3 is 1.65 bits per heavy atom. The van der Waals surface area contributed by atoms with E-state index in [9.17, 15) is 18.0 Å². The molecule has 0 aliphatic heterocycles. The minimum atomic E-state index is -4.53. The summed E-state index contributed by atoms with van der Waals surface area (Å²) in [5.74, 6) is -0.787. The van der Waals surface area contributed by atoms with Crippen molar-refractivity contribution in [2.45, 2.75) is 74.1 Å². The maximum Gasteiger partial charge on any atom is 0.425 e. The third kappa shape index (κ3) is 4.98. The number of ether oxygens (including phenoxy) is 1. The van der Waals surface area contributed by atoms with E-state index in [0.29, 0.717) is 6.42 Å². The van der Waals surface area contributed by atoms with Crippen LogP contribution in [0.5, 0.6) is 0 Å². The molecular weight excluding hydrogens is 269 g/mol. The molecule has 0 aliphatic carbocycles. The second kappa shape index (κ2) is 5.57. The SMILES string of the molecule is CC(OC(=O)C(C)(CC(C)(C)C)C(C)(C)C)C(F)(F)F. The summed E-state index contributed by atoms with van der Waals surface area (Å²) in [5.41, 5.74) is -1.67. The van der Waals surface area contributed by atoms with E-state index in [0.717, 1.165) is 6.92 Å². The maximum atomic E-state index is 12.6. The molecule has 20 heavy (non-hydrogen) atoms. The third-order valence-corrected chi connectivity index (χ3v) is 3.73. The fraction of sp³-hybridized carbons (Fsp3) is 0.933. The first-order chi connectivity index (χ1) is 8.51. The highest BCUT2D eigenvalue weighted by Crippen LogP contribution is 2.47. The predicted octanol–water partition coefficient (Wildman–Crippen LogP) is 4.97. The first kappa shape index (κ1) is 19.3. The first-order valence-electron chi connectivity index (χ1n) is 6.78. The van der Waals surface area contributed by atoms with Crippen LogP contribution in [0, 0.1) is 16.2 Å². The molecule has 0 fully saturated rings. The van der Waals surface area contributed by atoms with Gasteiger partial charge in [0.1, 0.15) is 0 Å². The predicted molar refractivity (Wildman–Crippen MR) is 73.2 cm³/mol. The van der Waals surface area contributed by atoms with Crippen molar-refractivity contribution in [3.63, 3.8) is 0 Å². The fourth-order valence-electron chi connectivity index (χ4n) is 2.06. The summed E-state index contributed by atoms with van der Waals surface area (Å²) in [4.78, 5) is 12.3. The van der Waals surface area contributed by atoms with Gasteiger partial charge in [-0.05, 0) is 31.1 Å². The standard InChI is InChI=1S/C15H27F3O2/c1-10(15(16,17)18)20-11(19)14(8,13(5,6)7)9-12(2,3)4/h10H,9H2,1-8H3. The Bertz CT molecular complexity index is 348. The zero-order valence-electron chi connectivity index (χ0n) is 13.7.